The molecule has 0 fully saturated rings. The topological polar surface area (TPSA) is 21.3 Å². The average molecular weight is 247 g/mol. The normalized spacial score (nSPS) is 13.5. The Kier molecular flexibility index (Phi) is 4.81. The molecule has 1 unspecified atom stereocenters. The summed E-state index contributed by atoms with van der Waals surface area (Å²) in [6.45, 7) is 2.25. The second-order valence-corrected chi connectivity index (χ2v) is 3.67. The Morgan fingerprint density at radius 1 is 1.29 bits per heavy atom. The van der Waals surface area contributed by atoms with Crippen LogP contribution in [0, 0.1) is 0 Å². The number of alkyl halides is 3. The molecule has 0 saturated carbocycles. The van der Waals surface area contributed by atoms with E-state index in [1.54, 1.807) is 31.2 Å². The summed E-state index contributed by atoms with van der Waals surface area (Å²) in [6.07, 6.45) is -5.10. The fourth-order valence-electron chi connectivity index (χ4n) is 1.72. The molecule has 0 saturated heterocycles. The van der Waals surface area contributed by atoms with E-state index < -0.39 is 18.6 Å². The number of ether oxygens (including phenoxy) is 1. The van der Waals surface area contributed by atoms with Crippen molar-refractivity contribution in [3.8, 4) is 5.75 Å². The molecule has 0 heterocycles. The minimum atomic E-state index is -4.20. The standard InChI is InChI=1S/C12H16F3NO/c1-3-16-10(8-12(13,14)15)9-6-4-5-7-11(9)17-2/h4-7,10,16H,3,8H2,1-2H3. The number of methoxy groups -OCH3 is 1. The lowest BCUT2D eigenvalue weighted by molar-refractivity contribution is -0.140. The first-order chi connectivity index (χ1) is 7.98. The number of para-hydroxylation sites is 1. The predicted molar refractivity (Wildman–Crippen MR) is 60.1 cm³/mol. The molecule has 1 aromatic rings. The Hall–Kier alpha value is -1.23. The van der Waals surface area contributed by atoms with E-state index >= 15 is 0 Å². The first kappa shape index (κ1) is 13.8. The van der Waals surface area contributed by atoms with E-state index in [0.717, 1.165) is 0 Å². The Balaban J connectivity index is 2.96. The fraction of sp³-hybridized carbons (Fsp3) is 0.500. The van der Waals surface area contributed by atoms with Gasteiger partial charge in [0.05, 0.1) is 13.5 Å². The highest BCUT2D eigenvalue weighted by Crippen LogP contribution is 2.33. The number of halogens is 3. The fourth-order valence-corrected chi connectivity index (χ4v) is 1.72. The van der Waals surface area contributed by atoms with Crippen molar-refractivity contribution in [1.82, 2.24) is 5.32 Å². The zero-order chi connectivity index (χ0) is 12.9. The van der Waals surface area contributed by atoms with Gasteiger partial charge in [0.2, 0.25) is 0 Å². The molecule has 0 aliphatic rings. The van der Waals surface area contributed by atoms with Crippen LogP contribution in [0.1, 0.15) is 24.9 Å². The smallest absolute Gasteiger partial charge is 0.390 e. The predicted octanol–water partition coefficient (Wildman–Crippen LogP) is 3.30. The number of hydrogen-bond acceptors (Lipinski definition) is 2. The molecule has 17 heavy (non-hydrogen) atoms. The average Bonchev–Trinajstić information content (AvgIpc) is 2.27. The van der Waals surface area contributed by atoms with Gasteiger partial charge in [-0.05, 0) is 12.6 Å². The summed E-state index contributed by atoms with van der Waals surface area (Å²) in [5, 5.41) is 2.83. The molecule has 5 heteroatoms. The Bertz CT molecular complexity index is 352. The molecule has 1 rings (SSSR count). The van der Waals surface area contributed by atoms with Crippen molar-refractivity contribution in [3.05, 3.63) is 29.8 Å². The number of rotatable bonds is 5. The highest BCUT2D eigenvalue weighted by atomic mass is 19.4. The Morgan fingerprint density at radius 2 is 1.94 bits per heavy atom. The van der Waals surface area contributed by atoms with Crippen LogP contribution < -0.4 is 10.1 Å². The Morgan fingerprint density at radius 3 is 2.47 bits per heavy atom. The third kappa shape index (κ3) is 4.26. The van der Waals surface area contributed by atoms with E-state index in [9.17, 15) is 13.2 Å². The van der Waals surface area contributed by atoms with Gasteiger partial charge in [-0.1, -0.05) is 25.1 Å². The third-order valence-electron chi connectivity index (χ3n) is 2.40. The third-order valence-corrected chi connectivity index (χ3v) is 2.40. The van der Waals surface area contributed by atoms with Crippen molar-refractivity contribution < 1.29 is 17.9 Å². The van der Waals surface area contributed by atoms with E-state index in [1.807, 2.05) is 0 Å². The summed E-state index contributed by atoms with van der Waals surface area (Å²) < 4.78 is 42.5. The van der Waals surface area contributed by atoms with Crippen LogP contribution in [-0.2, 0) is 0 Å². The summed E-state index contributed by atoms with van der Waals surface area (Å²) >= 11 is 0. The molecule has 1 atom stereocenters. The number of nitrogens with one attached hydrogen (secondary N) is 1. The number of benzene rings is 1. The van der Waals surface area contributed by atoms with Crippen LogP contribution in [-0.4, -0.2) is 19.8 Å². The van der Waals surface area contributed by atoms with Crippen molar-refractivity contribution in [2.75, 3.05) is 13.7 Å². The van der Waals surface area contributed by atoms with Crippen LogP contribution in [0.3, 0.4) is 0 Å². The minimum Gasteiger partial charge on any atom is -0.496 e. The zero-order valence-electron chi connectivity index (χ0n) is 9.84. The molecule has 1 N–H and O–H groups in total. The van der Waals surface area contributed by atoms with Gasteiger partial charge >= 0.3 is 6.18 Å². The van der Waals surface area contributed by atoms with Gasteiger partial charge in [0.25, 0.3) is 0 Å². The van der Waals surface area contributed by atoms with E-state index in [4.69, 9.17) is 4.74 Å². The van der Waals surface area contributed by atoms with Gasteiger partial charge in [-0.15, -0.1) is 0 Å². The second kappa shape index (κ2) is 5.91. The first-order valence-corrected chi connectivity index (χ1v) is 5.41. The second-order valence-electron chi connectivity index (χ2n) is 3.67. The van der Waals surface area contributed by atoms with Gasteiger partial charge in [0, 0.05) is 11.6 Å². The molecule has 2 nitrogen and oxygen atoms in total. The van der Waals surface area contributed by atoms with E-state index in [1.165, 1.54) is 7.11 Å². The van der Waals surface area contributed by atoms with Crippen LogP contribution in [0.25, 0.3) is 0 Å². The lowest BCUT2D eigenvalue weighted by Crippen LogP contribution is -2.26. The quantitative estimate of drug-likeness (QED) is 0.862. The molecule has 0 bridgehead atoms. The molecule has 1 aromatic carbocycles. The lowest BCUT2D eigenvalue weighted by Gasteiger charge is -2.21. The highest BCUT2D eigenvalue weighted by Gasteiger charge is 2.33. The first-order valence-electron chi connectivity index (χ1n) is 5.41. The Labute approximate surface area is 98.8 Å². The maximum absolute atomic E-state index is 12.5. The van der Waals surface area contributed by atoms with Gasteiger partial charge in [-0.3, -0.25) is 0 Å². The largest absolute Gasteiger partial charge is 0.496 e. The molecule has 0 aliphatic carbocycles. The van der Waals surface area contributed by atoms with Crippen molar-refractivity contribution in [2.24, 2.45) is 0 Å². The summed E-state index contributed by atoms with van der Waals surface area (Å²) in [6, 6.07) is 5.99. The zero-order valence-corrected chi connectivity index (χ0v) is 9.84. The van der Waals surface area contributed by atoms with Crippen LogP contribution in [0.5, 0.6) is 5.75 Å². The molecule has 0 aromatic heterocycles. The van der Waals surface area contributed by atoms with Gasteiger partial charge in [0.15, 0.2) is 0 Å². The summed E-state index contributed by atoms with van der Waals surface area (Å²) in [5.41, 5.74) is 0.536. The van der Waals surface area contributed by atoms with E-state index in [-0.39, 0.29) is 0 Å². The summed E-state index contributed by atoms with van der Waals surface area (Å²) in [4.78, 5) is 0. The monoisotopic (exact) mass is 247 g/mol. The highest BCUT2D eigenvalue weighted by molar-refractivity contribution is 5.35. The molecule has 96 valence electrons. The van der Waals surface area contributed by atoms with E-state index in [2.05, 4.69) is 5.32 Å². The maximum Gasteiger partial charge on any atom is 0.390 e. The summed E-state index contributed by atoms with van der Waals surface area (Å²) in [5.74, 6) is 0.475. The van der Waals surface area contributed by atoms with Crippen LogP contribution in [0.15, 0.2) is 24.3 Å². The van der Waals surface area contributed by atoms with Crippen LogP contribution >= 0.6 is 0 Å². The van der Waals surface area contributed by atoms with Crippen molar-refractivity contribution in [3.63, 3.8) is 0 Å². The summed E-state index contributed by atoms with van der Waals surface area (Å²) in [7, 11) is 1.45. The van der Waals surface area contributed by atoms with Crippen molar-refractivity contribution >= 4 is 0 Å². The number of hydrogen-bond donors (Lipinski definition) is 1. The van der Waals surface area contributed by atoms with E-state index in [0.29, 0.717) is 17.9 Å². The van der Waals surface area contributed by atoms with Crippen molar-refractivity contribution in [1.29, 1.82) is 0 Å². The lowest BCUT2D eigenvalue weighted by atomic mass is 10.0. The van der Waals surface area contributed by atoms with Gasteiger partial charge < -0.3 is 10.1 Å². The molecule has 0 amide bonds. The molecule has 0 radical (unpaired) electrons. The maximum atomic E-state index is 12.5. The minimum absolute atomic E-state index is 0.471. The SMILES string of the molecule is CCNC(CC(F)(F)F)c1ccccc1OC. The molecule has 0 spiro atoms. The van der Waals surface area contributed by atoms with Gasteiger partial charge in [0.1, 0.15) is 5.75 Å². The van der Waals surface area contributed by atoms with Gasteiger partial charge in [-0.25, -0.2) is 0 Å². The molecule has 0 aliphatic heterocycles. The van der Waals surface area contributed by atoms with Gasteiger partial charge in [-0.2, -0.15) is 13.2 Å². The van der Waals surface area contributed by atoms with Crippen LogP contribution in [0.4, 0.5) is 13.2 Å². The van der Waals surface area contributed by atoms with Crippen molar-refractivity contribution in [2.45, 2.75) is 25.6 Å². The molecular formula is C12H16F3NO. The van der Waals surface area contributed by atoms with Crippen LogP contribution in [0.2, 0.25) is 0 Å². The molecular weight excluding hydrogens is 231 g/mol.